The molecule has 2 aromatic carbocycles. The van der Waals surface area contributed by atoms with Crippen LogP contribution in [0.4, 0.5) is 5.69 Å². The summed E-state index contributed by atoms with van der Waals surface area (Å²) in [5.41, 5.74) is 2.05. The molecule has 0 amide bonds. The van der Waals surface area contributed by atoms with Crippen LogP contribution >= 0.6 is 0 Å². The summed E-state index contributed by atoms with van der Waals surface area (Å²) in [5, 5.41) is 3.35. The molecule has 1 heterocycles. The number of hydrogen-bond acceptors (Lipinski definition) is 5. The van der Waals surface area contributed by atoms with Crippen molar-refractivity contribution in [3.8, 4) is 23.0 Å². The molecule has 110 valence electrons. The number of fused-ring (bicyclic) bond motifs is 1. The molecule has 0 spiro atoms. The van der Waals surface area contributed by atoms with E-state index >= 15 is 0 Å². The minimum absolute atomic E-state index is 0.235. The van der Waals surface area contributed by atoms with Gasteiger partial charge in [0.2, 0.25) is 12.5 Å². The van der Waals surface area contributed by atoms with E-state index in [0.29, 0.717) is 18.0 Å². The van der Waals surface area contributed by atoms with Gasteiger partial charge >= 0.3 is 0 Å². The van der Waals surface area contributed by atoms with Gasteiger partial charge < -0.3 is 24.3 Å². The third kappa shape index (κ3) is 2.81. The van der Waals surface area contributed by atoms with E-state index in [2.05, 4.69) is 5.32 Å². The van der Waals surface area contributed by atoms with Crippen LogP contribution in [-0.4, -0.2) is 21.0 Å². The van der Waals surface area contributed by atoms with Crippen molar-refractivity contribution in [2.24, 2.45) is 0 Å². The highest BCUT2D eigenvalue weighted by atomic mass is 16.7. The zero-order valence-electron chi connectivity index (χ0n) is 12.0. The van der Waals surface area contributed by atoms with Crippen LogP contribution in [0.5, 0.6) is 23.0 Å². The zero-order valence-corrected chi connectivity index (χ0v) is 12.0. The van der Waals surface area contributed by atoms with E-state index < -0.39 is 0 Å². The minimum atomic E-state index is 0.235. The van der Waals surface area contributed by atoms with Crippen molar-refractivity contribution in [1.29, 1.82) is 0 Å². The van der Waals surface area contributed by atoms with Crippen LogP contribution < -0.4 is 24.3 Å². The lowest BCUT2D eigenvalue weighted by Gasteiger charge is -2.11. The second-order valence-electron chi connectivity index (χ2n) is 4.62. The predicted molar refractivity (Wildman–Crippen MR) is 79.4 cm³/mol. The quantitative estimate of drug-likeness (QED) is 0.916. The van der Waals surface area contributed by atoms with Crippen molar-refractivity contribution in [3.63, 3.8) is 0 Å². The number of nitrogens with one attached hydrogen (secondary N) is 1. The Hall–Kier alpha value is -2.56. The topological polar surface area (TPSA) is 49.0 Å². The first kappa shape index (κ1) is 13.4. The molecular formula is C16H17NO4. The van der Waals surface area contributed by atoms with Crippen molar-refractivity contribution in [1.82, 2.24) is 0 Å². The number of hydrogen-bond donors (Lipinski definition) is 1. The summed E-state index contributed by atoms with van der Waals surface area (Å²) in [6.07, 6.45) is 0. The molecule has 1 aliphatic heterocycles. The molecule has 2 aromatic rings. The summed E-state index contributed by atoms with van der Waals surface area (Å²) in [6.45, 7) is 0.888. The first-order chi connectivity index (χ1) is 10.3. The maximum absolute atomic E-state index is 5.42. The fraction of sp³-hybridized carbons (Fsp3) is 0.250. The summed E-state index contributed by atoms with van der Waals surface area (Å²) < 4.78 is 21.3. The lowest BCUT2D eigenvalue weighted by Crippen LogP contribution is -2.00. The molecule has 0 unspecified atom stereocenters. The van der Waals surface area contributed by atoms with Crippen molar-refractivity contribution in [2.75, 3.05) is 26.3 Å². The van der Waals surface area contributed by atoms with Gasteiger partial charge in [-0.15, -0.1) is 0 Å². The third-order valence-electron chi connectivity index (χ3n) is 3.28. The van der Waals surface area contributed by atoms with Gasteiger partial charge in [0.1, 0.15) is 5.75 Å². The average Bonchev–Trinajstić information content (AvgIpc) is 3.00. The van der Waals surface area contributed by atoms with Gasteiger partial charge in [-0.1, -0.05) is 6.07 Å². The smallest absolute Gasteiger partial charge is 0.231 e. The Labute approximate surface area is 123 Å². The summed E-state index contributed by atoms with van der Waals surface area (Å²) in [4.78, 5) is 0. The molecule has 5 nitrogen and oxygen atoms in total. The summed E-state index contributed by atoms with van der Waals surface area (Å²) in [6, 6.07) is 11.7. The van der Waals surface area contributed by atoms with Crippen molar-refractivity contribution in [3.05, 3.63) is 42.0 Å². The summed E-state index contributed by atoms with van der Waals surface area (Å²) in [7, 11) is 3.28. The van der Waals surface area contributed by atoms with Gasteiger partial charge in [-0.3, -0.25) is 0 Å². The van der Waals surface area contributed by atoms with E-state index in [1.54, 1.807) is 14.2 Å². The maximum atomic E-state index is 5.42. The molecule has 1 N–H and O–H groups in total. The van der Waals surface area contributed by atoms with Gasteiger partial charge in [-0.2, -0.15) is 0 Å². The van der Waals surface area contributed by atoms with Crippen molar-refractivity contribution >= 4 is 5.69 Å². The maximum Gasteiger partial charge on any atom is 0.231 e. The molecule has 0 bridgehead atoms. The Balaban J connectivity index is 1.76. The molecule has 3 rings (SSSR count). The van der Waals surface area contributed by atoms with Gasteiger partial charge in [-0.25, -0.2) is 0 Å². The standard InChI is InChI=1S/C16H17NO4/c1-18-13-5-3-4-12(8-13)17-9-11-6-14(19-2)16-15(7-11)20-10-21-16/h3-8,17H,9-10H2,1-2H3. The Kier molecular flexibility index (Phi) is 3.73. The average molecular weight is 287 g/mol. The molecule has 0 fully saturated rings. The fourth-order valence-electron chi connectivity index (χ4n) is 2.22. The van der Waals surface area contributed by atoms with Gasteiger partial charge in [0, 0.05) is 18.3 Å². The summed E-state index contributed by atoms with van der Waals surface area (Å²) >= 11 is 0. The van der Waals surface area contributed by atoms with E-state index in [1.165, 1.54) is 0 Å². The monoisotopic (exact) mass is 287 g/mol. The van der Waals surface area contributed by atoms with Crippen LogP contribution in [0.1, 0.15) is 5.56 Å². The molecule has 1 aliphatic rings. The number of benzene rings is 2. The third-order valence-corrected chi connectivity index (χ3v) is 3.28. The Morgan fingerprint density at radius 3 is 2.81 bits per heavy atom. The largest absolute Gasteiger partial charge is 0.497 e. The Morgan fingerprint density at radius 2 is 2.00 bits per heavy atom. The number of ether oxygens (including phenoxy) is 4. The molecule has 0 aromatic heterocycles. The highest BCUT2D eigenvalue weighted by Gasteiger charge is 2.19. The van der Waals surface area contributed by atoms with E-state index in [1.807, 2.05) is 36.4 Å². The molecule has 0 atom stereocenters. The molecule has 0 saturated heterocycles. The molecule has 0 saturated carbocycles. The lowest BCUT2D eigenvalue weighted by molar-refractivity contribution is 0.171. The molecule has 21 heavy (non-hydrogen) atoms. The Bertz CT molecular complexity index is 642. The van der Waals surface area contributed by atoms with E-state index in [-0.39, 0.29) is 6.79 Å². The van der Waals surface area contributed by atoms with E-state index in [9.17, 15) is 0 Å². The van der Waals surface area contributed by atoms with Gasteiger partial charge in [-0.05, 0) is 29.8 Å². The Morgan fingerprint density at radius 1 is 1.10 bits per heavy atom. The predicted octanol–water partition coefficient (Wildman–Crippen LogP) is 3.04. The number of methoxy groups -OCH3 is 2. The van der Waals surface area contributed by atoms with Crippen LogP contribution in [0.25, 0.3) is 0 Å². The number of anilines is 1. The molecular weight excluding hydrogens is 270 g/mol. The lowest BCUT2D eigenvalue weighted by atomic mass is 10.1. The second kappa shape index (κ2) is 5.83. The molecule has 0 aliphatic carbocycles. The first-order valence-electron chi connectivity index (χ1n) is 6.64. The zero-order chi connectivity index (χ0) is 14.7. The van der Waals surface area contributed by atoms with E-state index in [4.69, 9.17) is 18.9 Å². The highest BCUT2D eigenvalue weighted by Crippen LogP contribution is 2.41. The van der Waals surface area contributed by atoms with Gasteiger partial charge in [0.25, 0.3) is 0 Å². The fourth-order valence-corrected chi connectivity index (χ4v) is 2.22. The van der Waals surface area contributed by atoms with Crippen LogP contribution in [0.3, 0.4) is 0 Å². The normalized spacial score (nSPS) is 12.1. The SMILES string of the molecule is COc1cccc(NCc2cc(OC)c3c(c2)OCO3)c1. The van der Waals surface area contributed by atoms with Gasteiger partial charge in [0.05, 0.1) is 14.2 Å². The van der Waals surface area contributed by atoms with Crippen LogP contribution in [-0.2, 0) is 6.54 Å². The van der Waals surface area contributed by atoms with Crippen LogP contribution in [0.15, 0.2) is 36.4 Å². The van der Waals surface area contributed by atoms with Crippen LogP contribution in [0, 0.1) is 0 Å². The highest BCUT2D eigenvalue weighted by molar-refractivity contribution is 5.56. The number of rotatable bonds is 5. The van der Waals surface area contributed by atoms with Crippen molar-refractivity contribution < 1.29 is 18.9 Å². The molecule has 5 heteroatoms. The van der Waals surface area contributed by atoms with E-state index in [0.717, 1.165) is 22.7 Å². The minimum Gasteiger partial charge on any atom is -0.497 e. The first-order valence-corrected chi connectivity index (χ1v) is 6.64. The second-order valence-corrected chi connectivity index (χ2v) is 4.62. The summed E-state index contributed by atoms with van der Waals surface area (Å²) in [5.74, 6) is 2.90. The van der Waals surface area contributed by atoms with Crippen LogP contribution in [0.2, 0.25) is 0 Å². The van der Waals surface area contributed by atoms with Gasteiger partial charge in [0.15, 0.2) is 11.5 Å². The van der Waals surface area contributed by atoms with Crippen molar-refractivity contribution in [2.45, 2.75) is 6.54 Å². The molecule has 0 radical (unpaired) electrons.